The van der Waals surface area contributed by atoms with Gasteiger partial charge in [0.15, 0.2) is 0 Å². The molecule has 1 heterocycles. The fourth-order valence-corrected chi connectivity index (χ4v) is 2.61. The van der Waals surface area contributed by atoms with Crippen molar-refractivity contribution < 1.29 is 9.90 Å². The van der Waals surface area contributed by atoms with E-state index in [4.69, 9.17) is 5.11 Å². The minimum absolute atomic E-state index is 0.255. The number of carbonyl (C=O) groups excluding carboxylic acids is 1. The van der Waals surface area contributed by atoms with Gasteiger partial charge < -0.3 is 5.11 Å². The number of ketones is 1. The number of carbonyl (C=O) groups is 1. The lowest BCUT2D eigenvalue weighted by Gasteiger charge is -2.28. The van der Waals surface area contributed by atoms with Crippen molar-refractivity contribution in [3.63, 3.8) is 0 Å². The summed E-state index contributed by atoms with van der Waals surface area (Å²) in [5.41, 5.74) is 0. The van der Waals surface area contributed by atoms with Crippen LogP contribution in [0.5, 0.6) is 0 Å². The zero-order valence-corrected chi connectivity index (χ0v) is 7.91. The van der Waals surface area contributed by atoms with Crippen molar-refractivity contribution in [3.05, 3.63) is 0 Å². The van der Waals surface area contributed by atoms with Crippen LogP contribution in [0.25, 0.3) is 0 Å². The summed E-state index contributed by atoms with van der Waals surface area (Å²) in [7, 11) is 0. The predicted molar refractivity (Wildman–Crippen MR) is 49.5 cm³/mol. The Morgan fingerprint density at radius 2 is 2.31 bits per heavy atom. The minimum Gasteiger partial charge on any atom is -0.395 e. The number of aliphatic hydroxyl groups is 1. The minimum atomic E-state index is 0.255. The van der Waals surface area contributed by atoms with Crippen LogP contribution in [0.4, 0.5) is 0 Å². The van der Waals surface area contributed by atoms with Gasteiger partial charge in [0, 0.05) is 24.9 Å². The first-order chi connectivity index (χ1) is 6.31. The molecule has 2 aliphatic rings. The average molecular weight is 183 g/mol. The molecule has 0 aromatic carbocycles. The van der Waals surface area contributed by atoms with Gasteiger partial charge in [-0.1, -0.05) is 0 Å². The maximum atomic E-state index is 11.1. The summed E-state index contributed by atoms with van der Waals surface area (Å²) in [6, 6.07) is 0.767. The molecule has 1 saturated heterocycles. The van der Waals surface area contributed by atoms with Gasteiger partial charge in [-0.05, 0) is 25.8 Å². The van der Waals surface area contributed by atoms with Crippen LogP contribution in [0.1, 0.15) is 32.1 Å². The van der Waals surface area contributed by atoms with Crippen molar-refractivity contribution >= 4 is 5.78 Å². The molecule has 2 atom stereocenters. The number of rotatable bonds is 2. The third kappa shape index (κ3) is 1.76. The topological polar surface area (TPSA) is 40.5 Å². The molecule has 0 aromatic rings. The van der Waals surface area contributed by atoms with Crippen molar-refractivity contribution in [2.24, 2.45) is 0 Å². The number of likely N-dealkylation sites (tertiary alicyclic amines) is 1. The van der Waals surface area contributed by atoms with Crippen molar-refractivity contribution in [1.82, 2.24) is 4.90 Å². The lowest BCUT2D eigenvalue weighted by Crippen LogP contribution is -2.39. The number of nitrogens with zero attached hydrogens (tertiary/aromatic N) is 1. The van der Waals surface area contributed by atoms with Crippen LogP contribution in [0.2, 0.25) is 0 Å². The maximum absolute atomic E-state index is 11.1. The van der Waals surface area contributed by atoms with Crippen LogP contribution in [-0.2, 0) is 4.79 Å². The van der Waals surface area contributed by atoms with E-state index in [-0.39, 0.29) is 6.61 Å². The van der Waals surface area contributed by atoms with Gasteiger partial charge in [0.25, 0.3) is 0 Å². The summed E-state index contributed by atoms with van der Waals surface area (Å²) in [4.78, 5) is 13.5. The molecule has 3 heteroatoms. The molecule has 0 amide bonds. The summed E-state index contributed by atoms with van der Waals surface area (Å²) < 4.78 is 0. The van der Waals surface area contributed by atoms with Gasteiger partial charge in [-0.3, -0.25) is 9.69 Å². The Morgan fingerprint density at radius 3 is 2.92 bits per heavy atom. The molecule has 13 heavy (non-hydrogen) atoms. The van der Waals surface area contributed by atoms with E-state index in [9.17, 15) is 4.79 Å². The monoisotopic (exact) mass is 183 g/mol. The molecular weight excluding hydrogens is 166 g/mol. The van der Waals surface area contributed by atoms with Crippen LogP contribution in [0.3, 0.4) is 0 Å². The molecule has 0 spiro atoms. The fourth-order valence-electron chi connectivity index (χ4n) is 2.61. The standard InChI is InChI=1S/C10H17NO2/c12-7-9-2-1-5-11(9)8-3-4-10(13)6-8/h8-9,12H,1-7H2. The number of aliphatic hydroxyl groups excluding tert-OH is 1. The Balaban J connectivity index is 1.95. The molecule has 0 radical (unpaired) electrons. The normalized spacial score (nSPS) is 35.9. The Labute approximate surface area is 78.7 Å². The highest BCUT2D eigenvalue weighted by atomic mass is 16.3. The van der Waals surface area contributed by atoms with Crippen molar-refractivity contribution in [1.29, 1.82) is 0 Å². The molecule has 2 fully saturated rings. The largest absolute Gasteiger partial charge is 0.395 e. The second-order valence-corrected chi connectivity index (χ2v) is 4.15. The Morgan fingerprint density at radius 1 is 1.46 bits per heavy atom. The Bertz CT molecular complexity index is 205. The van der Waals surface area contributed by atoms with E-state index < -0.39 is 0 Å². The Kier molecular flexibility index (Phi) is 2.65. The second kappa shape index (κ2) is 3.76. The van der Waals surface area contributed by atoms with E-state index in [1.54, 1.807) is 0 Å². The predicted octanol–water partition coefficient (Wildman–Crippen LogP) is 0.565. The van der Waals surface area contributed by atoms with Crippen LogP contribution < -0.4 is 0 Å². The molecule has 0 bridgehead atoms. The van der Waals surface area contributed by atoms with E-state index in [0.29, 0.717) is 17.9 Å². The average Bonchev–Trinajstić information content (AvgIpc) is 2.71. The zero-order chi connectivity index (χ0) is 9.26. The van der Waals surface area contributed by atoms with Crippen LogP contribution in [0, 0.1) is 0 Å². The highest BCUT2D eigenvalue weighted by molar-refractivity contribution is 5.81. The molecule has 2 rings (SSSR count). The summed E-state index contributed by atoms with van der Waals surface area (Å²) in [5, 5.41) is 9.14. The molecular formula is C10H17NO2. The smallest absolute Gasteiger partial charge is 0.134 e. The number of hydrogen-bond donors (Lipinski definition) is 1. The quantitative estimate of drug-likeness (QED) is 0.680. The summed E-state index contributed by atoms with van der Waals surface area (Å²) in [6.07, 6.45) is 4.75. The van der Waals surface area contributed by atoms with Gasteiger partial charge >= 0.3 is 0 Å². The molecule has 0 aromatic heterocycles. The fraction of sp³-hybridized carbons (Fsp3) is 0.900. The molecule has 1 aliphatic carbocycles. The third-order valence-electron chi connectivity index (χ3n) is 3.32. The lowest BCUT2D eigenvalue weighted by atomic mass is 10.1. The molecule has 2 unspecified atom stereocenters. The van der Waals surface area contributed by atoms with Gasteiger partial charge in [-0.25, -0.2) is 0 Å². The first kappa shape index (κ1) is 9.16. The summed E-state index contributed by atoms with van der Waals surface area (Å²) in [5.74, 6) is 0.397. The molecule has 74 valence electrons. The van der Waals surface area contributed by atoms with Crippen molar-refractivity contribution in [2.45, 2.75) is 44.2 Å². The van der Waals surface area contributed by atoms with E-state index in [2.05, 4.69) is 4.90 Å². The van der Waals surface area contributed by atoms with Crippen LogP contribution in [-0.4, -0.2) is 41.0 Å². The van der Waals surface area contributed by atoms with E-state index in [1.807, 2.05) is 0 Å². The molecule has 1 aliphatic heterocycles. The number of Topliss-reactive ketones (excluding diaryl/α,β-unsaturated/α-hetero) is 1. The second-order valence-electron chi connectivity index (χ2n) is 4.15. The van der Waals surface area contributed by atoms with Crippen LogP contribution in [0.15, 0.2) is 0 Å². The van der Waals surface area contributed by atoms with Gasteiger partial charge in [-0.2, -0.15) is 0 Å². The maximum Gasteiger partial charge on any atom is 0.134 e. The highest BCUT2D eigenvalue weighted by Crippen LogP contribution is 2.28. The first-order valence-electron chi connectivity index (χ1n) is 5.19. The van der Waals surface area contributed by atoms with Gasteiger partial charge in [0.1, 0.15) is 5.78 Å². The summed E-state index contributed by atoms with van der Waals surface area (Å²) in [6.45, 7) is 1.33. The lowest BCUT2D eigenvalue weighted by molar-refractivity contribution is -0.117. The molecule has 1 saturated carbocycles. The summed E-state index contributed by atoms with van der Waals surface area (Å²) >= 11 is 0. The first-order valence-corrected chi connectivity index (χ1v) is 5.19. The van der Waals surface area contributed by atoms with Gasteiger partial charge in [0.05, 0.1) is 6.61 Å². The van der Waals surface area contributed by atoms with Gasteiger partial charge in [-0.15, -0.1) is 0 Å². The number of hydrogen-bond acceptors (Lipinski definition) is 3. The molecule has 3 nitrogen and oxygen atoms in total. The van der Waals surface area contributed by atoms with E-state index in [1.165, 1.54) is 6.42 Å². The SMILES string of the molecule is O=C1CCC(N2CCCC2CO)C1. The van der Waals surface area contributed by atoms with E-state index >= 15 is 0 Å². The third-order valence-corrected chi connectivity index (χ3v) is 3.32. The Hall–Kier alpha value is -0.410. The van der Waals surface area contributed by atoms with Gasteiger partial charge in [0.2, 0.25) is 0 Å². The zero-order valence-electron chi connectivity index (χ0n) is 7.91. The van der Waals surface area contributed by atoms with Crippen molar-refractivity contribution in [2.75, 3.05) is 13.2 Å². The van der Waals surface area contributed by atoms with E-state index in [0.717, 1.165) is 32.2 Å². The molecule has 1 N–H and O–H groups in total. The van der Waals surface area contributed by atoms with Crippen molar-refractivity contribution in [3.8, 4) is 0 Å². The van der Waals surface area contributed by atoms with Crippen LogP contribution >= 0.6 is 0 Å². The highest BCUT2D eigenvalue weighted by Gasteiger charge is 2.34.